The largest absolute Gasteiger partial charge is 0.373 e. The molecular formula is C22H30N6O3. The number of aromatic nitrogens is 3. The van der Waals surface area contributed by atoms with E-state index in [1.165, 1.54) is 0 Å². The molecule has 0 radical (unpaired) electrons. The highest BCUT2D eigenvalue weighted by atomic mass is 16.5. The number of rotatable bonds is 4. The third-order valence-corrected chi connectivity index (χ3v) is 6.41. The molecule has 1 unspecified atom stereocenters. The molecule has 0 aliphatic carbocycles. The number of carbonyl (C=O) groups is 2. The zero-order chi connectivity index (χ0) is 22.1. The number of anilines is 1. The average molecular weight is 427 g/mol. The van der Waals surface area contributed by atoms with Gasteiger partial charge in [-0.2, -0.15) is 0 Å². The Morgan fingerprint density at radius 2 is 2.00 bits per heavy atom. The minimum atomic E-state index is 0.0478. The molecule has 1 atom stereocenters. The van der Waals surface area contributed by atoms with Crippen molar-refractivity contribution in [1.82, 2.24) is 24.9 Å². The van der Waals surface area contributed by atoms with Crippen LogP contribution in [0.25, 0.3) is 0 Å². The van der Waals surface area contributed by atoms with Gasteiger partial charge in [0.25, 0.3) is 0 Å². The van der Waals surface area contributed by atoms with Gasteiger partial charge < -0.3 is 19.6 Å². The maximum absolute atomic E-state index is 13.0. The highest BCUT2D eigenvalue weighted by molar-refractivity contribution is 5.79. The van der Waals surface area contributed by atoms with E-state index >= 15 is 0 Å². The molecule has 1 N–H and O–H groups in total. The van der Waals surface area contributed by atoms with Crippen LogP contribution in [0, 0.1) is 13.8 Å². The minimum Gasteiger partial charge on any atom is -0.373 e. The Bertz CT molecular complexity index is 982. The zero-order valence-electron chi connectivity index (χ0n) is 18.7. The SMILES string of the molecule is CNc1nc(C2CCCN(C(C)=O)C2)nc2c1CCN(C(=O)Cc1c(C)noc1C)C2. The smallest absolute Gasteiger partial charge is 0.227 e. The van der Waals surface area contributed by atoms with Crippen LogP contribution in [0.15, 0.2) is 4.52 Å². The summed E-state index contributed by atoms with van der Waals surface area (Å²) in [6.07, 6.45) is 2.90. The Labute approximate surface area is 182 Å². The lowest BCUT2D eigenvalue weighted by molar-refractivity contribution is -0.131. The Hall–Kier alpha value is -2.97. The first-order valence-electron chi connectivity index (χ1n) is 10.9. The molecule has 4 heterocycles. The molecule has 0 saturated carbocycles. The number of likely N-dealkylation sites (tertiary alicyclic amines) is 1. The monoisotopic (exact) mass is 426 g/mol. The summed E-state index contributed by atoms with van der Waals surface area (Å²) >= 11 is 0. The number of amides is 2. The van der Waals surface area contributed by atoms with Crippen LogP contribution >= 0.6 is 0 Å². The summed E-state index contributed by atoms with van der Waals surface area (Å²) < 4.78 is 5.20. The van der Waals surface area contributed by atoms with Gasteiger partial charge in [-0.1, -0.05) is 5.16 Å². The van der Waals surface area contributed by atoms with Crippen LogP contribution in [0.3, 0.4) is 0 Å². The van der Waals surface area contributed by atoms with Gasteiger partial charge in [0.1, 0.15) is 17.4 Å². The Morgan fingerprint density at radius 3 is 2.68 bits per heavy atom. The molecule has 2 aliphatic rings. The first-order chi connectivity index (χ1) is 14.9. The van der Waals surface area contributed by atoms with Gasteiger partial charge in [0.05, 0.1) is 24.4 Å². The molecule has 0 bridgehead atoms. The van der Waals surface area contributed by atoms with Gasteiger partial charge in [0, 0.05) is 50.7 Å². The maximum Gasteiger partial charge on any atom is 0.227 e. The molecule has 2 aromatic rings. The third-order valence-electron chi connectivity index (χ3n) is 6.41. The van der Waals surface area contributed by atoms with Gasteiger partial charge in [0.2, 0.25) is 11.8 Å². The quantitative estimate of drug-likeness (QED) is 0.797. The average Bonchev–Trinajstić information content (AvgIpc) is 3.09. The number of nitrogens with zero attached hydrogens (tertiary/aromatic N) is 5. The van der Waals surface area contributed by atoms with E-state index < -0.39 is 0 Å². The maximum atomic E-state index is 13.0. The van der Waals surface area contributed by atoms with Gasteiger partial charge in [-0.25, -0.2) is 9.97 Å². The molecule has 9 heteroatoms. The second kappa shape index (κ2) is 8.64. The number of piperidine rings is 1. The normalized spacial score (nSPS) is 18.6. The number of nitrogens with one attached hydrogen (secondary N) is 1. The summed E-state index contributed by atoms with van der Waals surface area (Å²) in [5.41, 5.74) is 3.60. The fourth-order valence-electron chi connectivity index (χ4n) is 4.54. The van der Waals surface area contributed by atoms with E-state index in [0.29, 0.717) is 31.8 Å². The Balaban J connectivity index is 1.55. The van der Waals surface area contributed by atoms with Gasteiger partial charge >= 0.3 is 0 Å². The Kier molecular flexibility index (Phi) is 5.93. The summed E-state index contributed by atoms with van der Waals surface area (Å²) in [5, 5.41) is 7.16. The second-order valence-electron chi connectivity index (χ2n) is 8.45. The molecule has 0 aromatic carbocycles. The van der Waals surface area contributed by atoms with E-state index in [2.05, 4.69) is 10.5 Å². The molecular weight excluding hydrogens is 396 g/mol. The summed E-state index contributed by atoms with van der Waals surface area (Å²) in [6.45, 7) is 7.83. The van der Waals surface area contributed by atoms with Crippen LogP contribution < -0.4 is 5.32 Å². The molecule has 4 rings (SSSR count). The van der Waals surface area contributed by atoms with Crippen LogP contribution in [-0.2, 0) is 29.0 Å². The van der Waals surface area contributed by atoms with E-state index in [9.17, 15) is 9.59 Å². The van der Waals surface area contributed by atoms with E-state index in [4.69, 9.17) is 14.5 Å². The highest BCUT2D eigenvalue weighted by Crippen LogP contribution is 2.30. The molecule has 2 aromatic heterocycles. The van der Waals surface area contributed by atoms with E-state index in [0.717, 1.165) is 53.5 Å². The summed E-state index contributed by atoms with van der Waals surface area (Å²) in [4.78, 5) is 38.2. The van der Waals surface area contributed by atoms with Crippen molar-refractivity contribution in [2.75, 3.05) is 32.0 Å². The number of hydrogen-bond acceptors (Lipinski definition) is 7. The molecule has 31 heavy (non-hydrogen) atoms. The lowest BCUT2D eigenvalue weighted by Gasteiger charge is -2.33. The van der Waals surface area contributed by atoms with Crippen molar-refractivity contribution in [2.24, 2.45) is 0 Å². The first kappa shape index (κ1) is 21.3. The number of hydrogen-bond donors (Lipinski definition) is 1. The van der Waals surface area contributed by atoms with Crippen LogP contribution in [0.5, 0.6) is 0 Å². The van der Waals surface area contributed by atoms with Crippen LogP contribution in [-0.4, -0.2) is 63.4 Å². The molecule has 166 valence electrons. The van der Waals surface area contributed by atoms with Crippen LogP contribution in [0.2, 0.25) is 0 Å². The zero-order valence-corrected chi connectivity index (χ0v) is 18.7. The van der Waals surface area contributed by atoms with Crippen molar-refractivity contribution in [2.45, 2.75) is 58.9 Å². The van der Waals surface area contributed by atoms with Gasteiger partial charge in [0.15, 0.2) is 0 Å². The lowest BCUT2D eigenvalue weighted by Crippen LogP contribution is -2.40. The van der Waals surface area contributed by atoms with Gasteiger partial charge in [-0.15, -0.1) is 0 Å². The molecule has 1 fully saturated rings. The van der Waals surface area contributed by atoms with Crippen molar-refractivity contribution < 1.29 is 14.1 Å². The van der Waals surface area contributed by atoms with Crippen molar-refractivity contribution in [3.05, 3.63) is 34.1 Å². The molecule has 2 amide bonds. The summed E-state index contributed by atoms with van der Waals surface area (Å²) in [6, 6.07) is 0. The van der Waals surface area contributed by atoms with Gasteiger partial charge in [-0.05, 0) is 33.1 Å². The molecule has 0 spiro atoms. The standard InChI is InChI=1S/C22H30N6O3/c1-13-18(14(2)31-26-13)10-20(30)28-9-7-17-19(12-28)24-21(25-22(17)23-4)16-6-5-8-27(11-16)15(3)29/h16H,5-12H2,1-4H3,(H,23,24,25). The highest BCUT2D eigenvalue weighted by Gasteiger charge is 2.30. The summed E-state index contributed by atoms with van der Waals surface area (Å²) in [7, 11) is 1.87. The van der Waals surface area contributed by atoms with Crippen LogP contribution in [0.1, 0.15) is 59.8 Å². The van der Waals surface area contributed by atoms with E-state index in [-0.39, 0.29) is 24.2 Å². The molecule has 9 nitrogen and oxygen atoms in total. The van der Waals surface area contributed by atoms with Crippen molar-refractivity contribution >= 4 is 17.6 Å². The minimum absolute atomic E-state index is 0.0478. The lowest BCUT2D eigenvalue weighted by atomic mass is 9.96. The number of aryl methyl sites for hydroxylation is 2. The van der Waals surface area contributed by atoms with Crippen LogP contribution in [0.4, 0.5) is 5.82 Å². The van der Waals surface area contributed by atoms with Crippen molar-refractivity contribution in [3.63, 3.8) is 0 Å². The fourth-order valence-corrected chi connectivity index (χ4v) is 4.54. The number of carbonyl (C=O) groups excluding carboxylic acids is 2. The molecule has 2 aliphatic heterocycles. The number of fused-ring (bicyclic) bond motifs is 1. The second-order valence-corrected chi connectivity index (χ2v) is 8.45. The van der Waals surface area contributed by atoms with Gasteiger partial charge in [-0.3, -0.25) is 9.59 Å². The predicted molar refractivity (Wildman–Crippen MR) is 115 cm³/mol. The van der Waals surface area contributed by atoms with E-state index in [1.54, 1.807) is 6.92 Å². The topological polar surface area (TPSA) is 104 Å². The van der Waals surface area contributed by atoms with Crippen molar-refractivity contribution in [3.8, 4) is 0 Å². The molecule has 1 saturated heterocycles. The van der Waals surface area contributed by atoms with E-state index in [1.807, 2.05) is 30.7 Å². The van der Waals surface area contributed by atoms with Crippen molar-refractivity contribution in [1.29, 1.82) is 0 Å². The fraction of sp³-hybridized carbons (Fsp3) is 0.591. The third kappa shape index (κ3) is 4.26. The Morgan fingerprint density at radius 1 is 1.19 bits per heavy atom. The predicted octanol–water partition coefficient (Wildman–Crippen LogP) is 1.98. The summed E-state index contributed by atoms with van der Waals surface area (Å²) in [5.74, 6) is 2.53. The first-order valence-corrected chi connectivity index (χ1v) is 10.9.